The summed E-state index contributed by atoms with van der Waals surface area (Å²) in [5.74, 6) is 0.289. The minimum absolute atomic E-state index is 0.00526. The van der Waals surface area contributed by atoms with E-state index in [4.69, 9.17) is 44.0 Å². The first-order valence-electron chi connectivity index (χ1n) is 8.14. The number of aromatic nitrogens is 2. The van der Waals surface area contributed by atoms with Crippen LogP contribution in [0.4, 0.5) is 5.69 Å². The number of hydrogen-bond acceptors (Lipinski definition) is 6. The second kappa shape index (κ2) is 9.17. The topological polar surface area (TPSA) is 112 Å². The van der Waals surface area contributed by atoms with E-state index in [0.717, 1.165) is 6.20 Å². The minimum atomic E-state index is -0.543. The van der Waals surface area contributed by atoms with Crippen LogP contribution in [0.15, 0.2) is 41.1 Å². The number of nitrogens with zero attached hydrogens (tertiary/aromatic N) is 3. The molecule has 0 aliphatic heterocycles. The number of benzene rings is 1. The zero-order valence-corrected chi connectivity index (χ0v) is 16.9. The lowest BCUT2D eigenvalue weighted by molar-refractivity contribution is -0.385. The van der Waals surface area contributed by atoms with Gasteiger partial charge in [-0.1, -0.05) is 34.8 Å². The Bertz CT molecular complexity index is 1030. The molecule has 12 heteroatoms. The molecule has 3 aromatic rings. The van der Waals surface area contributed by atoms with Crippen LogP contribution in [0, 0.1) is 10.1 Å². The Hall–Kier alpha value is -2.75. The number of rotatable bonds is 8. The molecular formula is C17H13Cl3N4O5. The molecule has 9 nitrogen and oxygen atoms in total. The lowest BCUT2D eigenvalue weighted by atomic mass is 10.3. The van der Waals surface area contributed by atoms with E-state index in [2.05, 4.69) is 10.4 Å². The summed E-state index contributed by atoms with van der Waals surface area (Å²) in [6.07, 6.45) is 2.42. The van der Waals surface area contributed by atoms with Crippen molar-refractivity contribution in [1.82, 2.24) is 15.1 Å². The van der Waals surface area contributed by atoms with E-state index in [1.807, 2.05) is 0 Å². The Balaban J connectivity index is 1.51. The Morgan fingerprint density at radius 2 is 2.00 bits per heavy atom. The first-order valence-corrected chi connectivity index (χ1v) is 9.28. The average molecular weight is 460 g/mol. The maximum absolute atomic E-state index is 12.1. The summed E-state index contributed by atoms with van der Waals surface area (Å²) in [6.45, 7) is 0.481. The van der Waals surface area contributed by atoms with Crippen LogP contribution >= 0.6 is 34.8 Å². The molecule has 0 spiro atoms. The summed E-state index contributed by atoms with van der Waals surface area (Å²) in [4.78, 5) is 22.2. The van der Waals surface area contributed by atoms with Gasteiger partial charge in [-0.25, -0.2) is 0 Å². The van der Waals surface area contributed by atoms with Gasteiger partial charge in [0.15, 0.2) is 11.5 Å². The third kappa shape index (κ3) is 5.41. The third-order valence-corrected chi connectivity index (χ3v) is 4.44. The predicted molar refractivity (Wildman–Crippen MR) is 106 cm³/mol. The number of hydrogen-bond donors (Lipinski definition) is 1. The molecule has 1 aromatic carbocycles. The monoisotopic (exact) mass is 458 g/mol. The second-order valence-corrected chi connectivity index (χ2v) is 6.98. The minimum Gasteiger partial charge on any atom is -0.483 e. The van der Waals surface area contributed by atoms with Gasteiger partial charge in [-0.05, 0) is 24.3 Å². The van der Waals surface area contributed by atoms with Crippen molar-refractivity contribution in [3.63, 3.8) is 0 Å². The number of furan rings is 1. The van der Waals surface area contributed by atoms with Crippen LogP contribution in [0.2, 0.25) is 15.1 Å². The van der Waals surface area contributed by atoms with Gasteiger partial charge in [0.05, 0.1) is 21.5 Å². The van der Waals surface area contributed by atoms with Crippen LogP contribution in [0.5, 0.6) is 5.75 Å². The summed E-state index contributed by atoms with van der Waals surface area (Å²) < 4.78 is 12.4. The molecule has 0 saturated carbocycles. The highest BCUT2D eigenvalue weighted by Crippen LogP contribution is 2.36. The number of halogens is 3. The summed E-state index contributed by atoms with van der Waals surface area (Å²) in [6, 6.07) is 6.08. The standard InChI is InChI=1S/C17H13Cl3N4O5/c18-10-5-13(19)16(14(20)6-10)28-9-12-1-2-15(29-12)17(25)21-3-4-23-8-11(7-22-23)24(26)27/h1-2,5-8H,3-4,9H2,(H,21,25). The molecule has 0 unspecified atom stereocenters. The van der Waals surface area contributed by atoms with Gasteiger partial charge in [0.2, 0.25) is 0 Å². The maximum Gasteiger partial charge on any atom is 0.306 e. The van der Waals surface area contributed by atoms with Crippen molar-refractivity contribution in [2.45, 2.75) is 13.2 Å². The first kappa shape index (κ1) is 21.0. The number of ether oxygens (including phenoxy) is 1. The summed E-state index contributed by atoms with van der Waals surface area (Å²) in [7, 11) is 0. The fourth-order valence-corrected chi connectivity index (χ4v) is 3.25. The predicted octanol–water partition coefficient (Wildman–Crippen LogP) is 4.35. The van der Waals surface area contributed by atoms with E-state index >= 15 is 0 Å². The molecule has 2 heterocycles. The molecule has 0 bridgehead atoms. The van der Waals surface area contributed by atoms with Crippen molar-refractivity contribution in [2.75, 3.05) is 6.54 Å². The highest BCUT2D eigenvalue weighted by Gasteiger charge is 2.14. The molecule has 0 fully saturated rings. The highest BCUT2D eigenvalue weighted by atomic mass is 35.5. The fraction of sp³-hybridized carbons (Fsp3) is 0.176. The Morgan fingerprint density at radius 3 is 2.66 bits per heavy atom. The number of nitro groups is 1. The fourth-order valence-electron chi connectivity index (χ4n) is 2.33. The van der Waals surface area contributed by atoms with Crippen molar-refractivity contribution in [3.8, 4) is 5.75 Å². The molecular weight excluding hydrogens is 447 g/mol. The largest absolute Gasteiger partial charge is 0.483 e. The van der Waals surface area contributed by atoms with Crippen LogP contribution in [0.1, 0.15) is 16.3 Å². The van der Waals surface area contributed by atoms with E-state index in [1.54, 1.807) is 6.07 Å². The zero-order valence-electron chi connectivity index (χ0n) is 14.6. The second-order valence-electron chi connectivity index (χ2n) is 5.73. The van der Waals surface area contributed by atoms with Crippen LogP contribution in [0.25, 0.3) is 0 Å². The van der Waals surface area contributed by atoms with E-state index in [0.29, 0.717) is 10.8 Å². The van der Waals surface area contributed by atoms with E-state index in [1.165, 1.54) is 29.1 Å². The molecule has 29 heavy (non-hydrogen) atoms. The molecule has 3 rings (SSSR count). The van der Waals surface area contributed by atoms with Crippen LogP contribution < -0.4 is 10.1 Å². The van der Waals surface area contributed by atoms with Gasteiger partial charge in [0.1, 0.15) is 24.8 Å². The molecule has 0 atom stereocenters. The van der Waals surface area contributed by atoms with Gasteiger partial charge in [-0.2, -0.15) is 5.10 Å². The molecule has 0 radical (unpaired) electrons. The number of carbonyl (C=O) groups is 1. The number of amides is 1. The number of nitrogens with one attached hydrogen (secondary N) is 1. The van der Waals surface area contributed by atoms with Gasteiger partial charge in [0.25, 0.3) is 5.91 Å². The van der Waals surface area contributed by atoms with E-state index in [-0.39, 0.29) is 46.9 Å². The SMILES string of the molecule is O=C(NCCn1cc([N+](=O)[O-])cn1)c1ccc(COc2c(Cl)cc(Cl)cc2Cl)o1. The average Bonchev–Trinajstić information content (AvgIpc) is 3.30. The summed E-state index contributed by atoms with van der Waals surface area (Å²) in [5.41, 5.74) is -0.118. The van der Waals surface area contributed by atoms with Crippen molar-refractivity contribution >= 4 is 46.4 Å². The van der Waals surface area contributed by atoms with Crippen LogP contribution in [0.3, 0.4) is 0 Å². The van der Waals surface area contributed by atoms with Gasteiger partial charge in [-0.15, -0.1) is 0 Å². The smallest absolute Gasteiger partial charge is 0.306 e. The van der Waals surface area contributed by atoms with Gasteiger partial charge < -0.3 is 14.5 Å². The molecule has 2 aromatic heterocycles. The summed E-state index contributed by atoms with van der Waals surface area (Å²) in [5, 5.41) is 18.0. The zero-order chi connectivity index (χ0) is 21.0. The molecule has 1 amide bonds. The maximum atomic E-state index is 12.1. The first-order chi connectivity index (χ1) is 13.8. The van der Waals surface area contributed by atoms with E-state index < -0.39 is 10.8 Å². The molecule has 0 aliphatic rings. The Morgan fingerprint density at radius 1 is 1.28 bits per heavy atom. The lowest BCUT2D eigenvalue weighted by Crippen LogP contribution is -2.27. The molecule has 1 N–H and O–H groups in total. The number of carbonyl (C=O) groups excluding carboxylic acids is 1. The van der Waals surface area contributed by atoms with Crippen LogP contribution in [-0.4, -0.2) is 27.2 Å². The van der Waals surface area contributed by atoms with Crippen LogP contribution in [-0.2, 0) is 13.2 Å². The van der Waals surface area contributed by atoms with Crippen molar-refractivity contribution in [2.24, 2.45) is 0 Å². The quantitative estimate of drug-likeness (QED) is 0.396. The Labute approximate surface area is 179 Å². The molecule has 0 aliphatic carbocycles. The normalized spacial score (nSPS) is 10.7. The third-order valence-electron chi connectivity index (χ3n) is 3.66. The molecule has 152 valence electrons. The van der Waals surface area contributed by atoms with Gasteiger partial charge >= 0.3 is 5.69 Å². The molecule has 0 saturated heterocycles. The van der Waals surface area contributed by atoms with E-state index in [9.17, 15) is 14.9 Å². The van der Waals surface area contributed by atoms with Crippen molar-refractivity contribution in [1.29, 1.82) is 0 Å². The van der Waals surface area contributed by atoms with Crippen molar-refractivity contribution in [3.05, 3.63) is 73.4 Å². The van der Waals surface area contributed by atoms with Crippen molar-refractivity contribution < 1.29 is 18.9 Å². The lowest BCUT2D eigenvalue weighted by Gasteiger charge is -2.09. The van der Waals surface area contributed by atoms with Gasteiger partial charge in [-0.3, -0.25) is 19.6 Å². The Kier molecular flexibility index (Phi) is 6.63. The summed E-state index contributed by atoms with van der Waals surface area (Å²) >= 11 is 18.0. The van der Waals surface area contributed by atoms with Gasteiger partial charge in [0, 0.05) is 11.6 Å². The highest BCUT2D eigenvalue weighted by molar-refractivity contribution is 6.40.